The number of anilines is 2. The third-order valence-corrected chi connectivity index (χ3v) is 7.28. The van der Waals surface area contributed by atoms with Gasteiger partial charge in [-0.25, -0.2) is 4.79 Å². The van der Waals surface area contributed by atoms with Gasteiger partial charge in [-0.15, -0.1) is 11.8 Å². The van der Waals surface area contributed by atoms with Crippen molar-refractivity contribution in [2.24, 2.45) is 0 Å². The second-order valence-corrected chi connectivity index (χ2v) is 10.9. The van der Waals surface area contributed by atoms with Crippen molar-refractivity contribution in [3.63, 3.8) is 0 Å². The van der Waals surface area contributed by atoms with E-state index in [4.69, 9.17) is 4.74 Å². The SMILES string of the molecule is CCOc1ccc(/C=C(/NC(=O)c2ccccc2)C(=O)Nc2cccc(SC(C)C(=O)Nc3cccc(C(=O)O)c3)c2)cc1. The minimum atomic E-state index is -1.08. The number of aromatic carboxylic acids is 1. The van der Waals surface area contributed by atoms with Crippen LogP contribution in [0.15, 0.2) is 114 Å². The maximum atomic E-state index is 13.4. The fourth-order valence-electron chi connectivity index (χ4n) is 4.01. The number of nitrogens with one attached hydrogen (secondary N) is 3. The molecular weight excluding hydrogens is 578 g/mol. The molecule has 0 aromatic heterocycles. The monoisotopic (exact) mass is 609 g/mol. The number of carbonyl (C=O) groups excluding carboxylic acids is 3. The largest absolute Gasteiger partial charge is 0.494 e. The lowest BCUT2D eigenvalue weighted by molar-refractivity contribution is -0.115. The number of carbonyl (C=O) groups is 4. The first-order valence-corrected chi connectivity index (χ1v) is 14.6. The Morgan fingerprint density at radius 3 is 2.16 bits per heavy atom. The molecule has 0 fully saturated rings. The van der Waals surface area contributed by atoms with E-state index >= 15 is 0 Å². The molecule has 0 aliphatic heterocycles. The van der Waals surface area contributed by atoms with E-state index in [2.05, 4.69) is 16.0 Å². The van der Waals surface area contributed by atoms with E-state index < -0.39 is 23.0 Å². The molecule has 4 N–H and O–H groups in total. The number of benzene rings is 4. The zero-order valence-corrected chi connectivity index (χ0v) is 24.9. The summed E-state index contributed by atoms with van der Waals surface area (Å²) in [6.07, 6.45) is 1.58. The fourth-order valence-corrected chi connectivity index (χ4v) is 4.94. The molecule has 1 atom stereocenters. The highest BCUT2D eigenvalue weighted by Crippen LogP contribution is 2.27. The number of ether oxygens (including phenoxy) is 1. The summed E-state index contributed by atoms with van der Waals surface area (Å²) >= 11 is 1.27. The highest BCUT2D eigenvalue weighted by Gasteiger charge is 2.18. The highest BCUT2D eigenvalue weighted by atomic mass is 32.2. The van der Waals surface area contributed by atoms with Crippen molar-refractivity contribution in [2.75, 3.05) is 17.2 Å². The van der Waals surface area contributed by atoms with Crippen LogP contribution >= 0.6 is 11.8 Å². The number of amides is 3. The van der Waals surface area contributed by atoms with Gasteiger partial charge in [0, 0.05) is 21.8 Å². The molecule has 44 heavy (non-hydrogen) atoms. The van der Waals surface area contributed by atoms with Crippen molar-refractivity contribution in [2.45, 2.75) is 24.0 Å². The maximum Gasteiger partial charge on any atom is 0.335 e. The number of carboxylic acids is 1. The molecule has 1 unspecified atom stereocenters. The van der Waals surface area contributed by atoms with Crippen LogP contribution in [-0.4, -0.2) is 40.7 Å². The second-order valence-electron chi connectivity index (χ2n) is 9.50. The predicted octanol–water partition coefficient (Wildman–Crippen LogP) is 6.31. The third-order valence-electron chi connectivity index (χ3n) is 6.18. The van der Waals surface area contributed by atoms with Gasteiger partial charge >= 0.3 is 5.97 Å². The van der Waals surface area contributed by atoms with Gasteiger partial charge in [0.05, 0.1) is 17.4 Å². The molecule has 10 heteroatoms. The summed E-state index contributed by atoms with van der Waals surface area (Å²) in [5.41, 5.74) is 2.05. The molecule has 0 bridgehead atoms. The van der Waals surface area contributed by atoms with E-state index in [-0.39, 0.29) is 17.2 Å². The van der Waals surface area contributed by atoms with Crippen LogP contribution in [0, 0.1) is 0 Å². The molecule has 9 nitrogen and oxygen atoms in total. The smallest absolute Gasteiger partial charge is 0.335 e. The molecular formula is C34H31N3O6S. The summed E-state index contributed by atoms with van der Waals surface area (Å²) in [5, 5.41) is 17.0. The topological polar surface area (TPSA) is 134 Å². The van der Waals surface area contributed by atoms with Crippen molar-refractivity contribution >= 4 is 52.9 Å². The fraction of sp³-hybridized carbons (Fsp3) is 0.118. The zero-order chi connectivity index (χ0) is 31.5. The van der Waals surface area contributed by atoms with E-state index in [1.807, 2.05) is 13.0 Å². The second kappa shape index (κ2) is 15.2. The Labute approximate surface area is 259 Å². The van der Waals surface area contributed by atoms with Crippen molar-refractivity contribution in [3.8, 4) is 5.75 Å². The van der Waals surface area contributed by atoms with E-state index in [9.17, 15) is 24.3 Å². The number of hydrogen-bond donors (Lipinski definition) is 4. The molecule has 0 saturated carbocycles. The van der Waals surface area contributed by atoms with Gasteiger partial charge in [0.15, 0.2) is 0 Å². The van der Waals surface area contributed by atoms with Crippen LogP contribution in [0.25, 0.3) is 6.08 Å². The van der Waals surface area contributed by atoms with Crippen LogP contribution in [0.3, 0.4) is 0 Å². The van der Waals surface area contributed by atoms with E-state index in [0.29, 0.717) is 34.9 Å². The lowest BCUT2D eigenvalue weighted by Gasteiger charge is -2.14. The molecule has 0 radical (unpaired) electrons. The highest BCUT2D eigenvalue weighted by molar-refractivity contribution is 8.00. The Bertz CT molecular complexity index is 1670. The third kappa shape index (κ3) is 9.07. The Hall–Kier alpha value is -5.35. The van der Waals surface area contributed by atoms with Gasteiger partial charge in [-0.2, -0.15) is 0 Å². The van der Waals surface area contributed by atoms with Crippen molar-refractivity contribution < 1.29 is 29.0 Å². The lowest BCUT2D eigenvalue weighted by atomic mass is 10.1. The molecule has 0 spiro atoms. The lowest BCUT2D eigenvalue weighted by Crippen LogP contribution is -2.30. The molecule has 4 rings (SSSR count). The first-order chi connectivity index (χ1) is 21.2. The number of hydrogen-bond acceptors (Lipinski definition) is 6. The number of carboxylic acid groups (broad SMARTS) is 1. The molecule has 224 valence electrons. The van der Waals surface area contributed by atoms with Gasteiger partial charge in [0.2, 0.25) is 5.91 Å². The van der Waals surface area contributed by atoms with E-state index in [0.717, 1.165) is 4.90 Å². The Balaban J connectivity index is 1.47. The summed E-state index contributed by atoms with van der Waals surface area (Å²) < 4.78 is 5.49. The van der Waals surface area contributed by atoms with E-state index in [1.165, 1.54) is 23.9 Å². The summed E-state index contributed by atoms with van der Waals surface area (Å²) in [5.74, 6) is -1.67. The molecule has 4 aromatic rings. The molecule has 0 aliphatic carbocycles. The van der Waals surface area contributed by atoms with Gasteiger partial charge in [-0.05, 0) is 86.2 Å². The minimum Gasteiger partial charge on any atom is -0.494 e. The van der Waals surface area contributed by atoms with Crippen LogP contribution in [-0.2, 0) is 9.59 Å². The van der Waals surface area contributed by atoms with Gasteiger partial charge in [0.25, 0.3) is 11.8 Å². The van der Waals surface area contributed by atoms with Gasteiger partial charge < -0.3 is 25.8 Å². The van der Waals surface area contributed by atoms with Crippen LogP contribution in [0.2, 0.25) is 0 Å². The minimum absolute atomic E-state index is 0.0393. The van der Waals surface area contributed by atoms with Crippen molar-refractivity contribution in [1.82, 2.24) is 5.32 Å². The van der Waals surface area contributed by atoms with Crippen LogP contribution in [0.5, 0.6) is 5.75 Å². The van der Waals surface area contributed by atoms with Gasteiger partial charge in [-0.3, -0.25) is 14.4 Å². The Kier molecular flexibility index (Phi) is 10.9. The molecule has 0 aliphatic rings. The van der Waals surface area contributed by atoms with Crippen LogP contribution in [0.1, 0.15) is 40.1 Å². The normalized spacial score (nSPS) is 11.6. The average molecular weight is 610 g/mol. The first-order valence-electron chi connectivity index (χ1n) is 13.7. The summed E-state index contributed by atoms with van der Waals surface area (Å²) in [4.78, 5) is 51.1. The van der Waals surface area contributed by atoms with E-state index in [1.54, 1.807) is 97.9 Å². The Morgan fingerprint density at radius 2 is 1.48 bits per heavy atom. The number of rotatable bonds is 12. The van der Waals surface area contributed by atoms with Crippen molar-refractivity contribution in [1.29, 1.82) is 0 Å². The Morgan fingerprint density at radius 1 is 0.818 bits per heavy atom. The number of thioether (sulfide) groups is 1. The van der Waals surface area contributed by atoms with Crippen molar-refractivity contribution in [3.05, 3.63) is 126 Å². The molecule has 0 saturated heterocycles. The molecule has 3 amide bonds. The average Bonchev–Trinajstić information content (AvgIpc) is 3.02. The standard InChI is InChI=1S/C34H31N3O6S/c1-3-43-28-17-15-23(16-18-28)19-30(37-32(39)24-9-5-4-6-10-24)33(40)36-27-13-8-14-29(21-27)44-22(2)31(38)35-26-12-7-11-25(20-26)34(41)42/h4-22H,3H2,1-2H3,(H,35,38)(H,36,40)(H,37,39)(H,41,42)/b30-19+. The summed E-state index contributed by atoms with van der Waals surface area (Å²) in [6, 6.07) is 28.7. The quantitative estimate of drug-likeness (QED) is 0.109. The molecule has 0 heterocycles. The first kappa shape index (κ1) is 31.6. The summed E-state index contributed by atoms with van der Waals surface area (Å²) in [7, 11) is 0. The van der Waals surface area contributed by atoms with Crippen LogP contribution < -0.4 is 20.7 Å². The zero-order valence-electron chi connectivity index (χ0n) is 24.1. The predicted molar refractivity (Wildman–Crippen MR) is 172 cm³/mol. The van der Waals surface area contributed by atoms with Gasteiger partial charge in [0.1, 0.15) is 11.4 Å². The summed E-state index contributed by atoms with van der Waals surface area (Å²) in [6.45, 7) is 4.14. The van der Waals surface area contributed by atoms with Crippen LogP contribution in [0.4, 0.5) is 11.4 Å². The maximum absolute atomic E-state index is 13.4. The van der Waals surface area contributed by atoms with Gasteiger partial charge in [-0.1, -0.05) is 42.5 Å². The molecule has 4 aromatic carbocycles.